The van der Waals surface area contributed by atoms with Gasteiger partial charge in [0, 0.05) is 12.4 Å². The molecule has 5 rings (SSSR count). The number of rotatable bonds is 5. The van der Waals surface area contributed by atoms with Crippen molar-refractivity contribution in [3.63, 3.8) is 0 Å². The van der Waals surface area contributed by atoms with Crippen LogP contribution in [0.4, 0.5) is 10.2 Å². The number of nitrogens with one attached hydrogen (secondary N) is 2. The topological polar surface area (TPSA) is 92.9 Å². The van der Waals surface area contributed by atoms with Gasteiger partial charge in [-0.05, 0) is 30.7 Å². The third-order valence-electron chi connectivity index (χ3n) is 5.16. The van der Waals surface area contributed by atoms with Gasteiger partial charge in [-0.15, -0.1) is 0 Å². The predicted molar refractivity (Wildman–Crippen MR) is 116 cm³/mol. The highest BCUT2D eigenvalue weighted by molar-refractivity contribution is 6.33. The lowest BCUT2D eigenvalue weighted by atomic mass is 10.1. The molecular weight excluding hydrogens is 421 g/mol. The van der Waals surface area contributed by atoms with Gasteiger partial charge < -0.3 is 14.7 Å². The van der Waals surface area contributed by atoms with Crippen LogP contribution in [-0.2, 0) is 0 Å². The maximum atomic E-state index is 14.0. The number of hydrogen-bond acceptors (Lipinski definition) is 5. The van der Waals surface area contributed by atoms with E-state index in [1.807, 2.05) is 13.1 Å². The van der Waals surface area contributed by atoms with Crippen LogP contribution in [0.3, 0.4) is 0 Å². The van der Waals surface area contributed by atoms with Gasteiger partial charge >= 0.3 is 0 Å². The molecule has 31 heavy (non-hydrogen) atoms. The van der Waals surface area contributed by atoms with Gasteiger partial charge in [-0.25, -0.2) is 19.3 Å². The van der Waals surface area contributed by atoms with Crippen LogP contribution in [0.2, 0.25) is 5.02 Å². The molecule has 5 aromatic rings. The number of fused-ring (bicyclic) bond motifs is 2. The summed E-state index contributed by atoms with van der Waals surface area (Å²) in [6.07, 6.45) is 7.14. The van der Waals surface area contributed by atoms with Crippen molar-refractivity contribution in [3.05, 3.63) is 82.3 Å². The Labute approximate surface area is 180 Å². The number of anilines is 1. The molecule has 0 spiro atoms. The summed E-state index contributed by atoms with van der Waals surface area (Å²) >= 11 is 6.26. The summed E-state index contributed by atoms with van der Waals surface area (Å²) in [5.41, 5.74) is 2.20. The summed E-state index contributed by atoms with van der Waals surface area (Å²) in [4.78, 5) is 29.2. The van der Waals surface area contributed by atoms with E-state index < -0.39 is 5.82 Å². The Bertz CT molecular complexity index is 1470. The molecule has 8 nitrogen and oxygen atoms in total. The third kappa shape index (κ3) is 3.23. The summed E-state index contributed by atoms with van der Waals surface area (Å²) in [5.74, 6) is 0.0914. The highest BCUT2D eigenvalue weighted by Crippen LogP contribution is 2.27. The van der Waals surface area contributed by atoms with E-state index in [2.05, 4.69) is 25.3 Å². The molecule has 0 saturated heterocycles. The van der Waals surface area contributed by atoms with Crippen LogP contribution >= 0.6 is 11.6 Å². The van der Waals surface area contributed by atoms with Crippen LogP contribution in [0, 0.1) is 5.82 Å². The van der Waals surface area contributed by atoms with Gasteiger partial charge in [0.2, 0.25) is 0 Å². The molecule has 1 atom stereocenters. The van der Waals surface area contributed by atoms with Crippen LogP contribution < -0.4 is 10.9 Å². The maximum Gasteiger partial charge on any atom is 0.281 e. The molecule has 0 aliphatic heterocycles. The molecule has 1 unspecified atom stereocenters. The molecule has 0 aliphatic rings. The SMILES string of the molecule is CCC(Nc1ncnc2[nH]cnc12)c1cn2ccc(Cl)c2c(=O)n1-c1cccc(F)c1. The fraction of sp³-hybridized carbons (Fsp3) is 0.143. The molecule has 2 N–H and O–H groups in total. The average Bonchev–Trinajstić information content (AvgIpc) is 3.39. The quantitative estimate of drug-likeness (QED) is 0.431. The number of aromatic nitrogens is 6. The highest BCUT2D eigenvalue weighted by atomic mass is 35.5. The molecule has 4 heterocycles. The van der Waals surface area contributed by atoms with E-state index in [0.29, 0.717) is 45.3 Å². The maximum absolute atomic E-state index is 14.0. The summed E-state index contributed by atoms with van der Waals surface area (Å²) in [6.45, 7) is 1.98. The van der Waals surface area contributed by atoms with Crippen molar-refractivity contribution < 1.29 is 4.39 Å². The normalized spacial score (nSPS) is 12.5. The van der Waals surface area contributed by atoms with Gasteiger partial charge in [0.25, 0.3) is 5.56 Å². The molecule has 0 amide bonds. The minimum atomic E-state index is -0.438. The van der Waals surface area contributed by atoms with E-state index >= 15 is 0 Å². The van der Waals surface area contributed by atoms with E-state index in [4.69, 9.17) is 11.6 Å². The van der Waals surface area contributed by atoms with E-state index in [1.54, 1.807) is 35.1 Å². The standard InChI is InChI=1S/C21H17ClFN7O/c1-2-15(28-20-17-19(25-10-24-17)26-11-27-20)16-9-29-7-6-14(22)18(29)21(31)30(16)13-5-3-4-12(23)8-13/h3-11,15H,2H2,1H3,(H2,24,25,26,27,28). The average molecular weight is 438 g/mol. The molecule has 4 aromatic heterocycles. The van der Waals surface area contributed by atoms with Gasteiger partial charge in [0.05, 0.1) is 28.8 Å². The van der Waals surface area contributed by atoms with Crippen molar-refractivity contribution in [2.24, 2.45) is 0 Å². The van der Waals surface area contributed by atoms with Crippen LogP contribution in [0.5, 0.6) is 0 Å². The lowest BCUT2D eigenvalue weighted by Crippen LogP contribution is -2.28. The highest BCUT2D eigenvalue weighted by Gasteiger charge is 2.21. The van der Waals surface area contributed by atoms with Crippen LogP contribution in [-0.4, -0.2) is 28.9 Å². The lowest BCUT2D eigenvalue weighted by molar-refractivity contribution is 0.623. The van der Waals surface area contributed by atoms with Gasteiger partial charge in [-0.1, -0.05) is 24.6 Å². The first-order valence-electron chi connectivity index (χ1n) is 9.65. The van der Waals surface area contributed by atoms with E-state index in [1.165, 1.54) is 23.0 Å². The molecule has 1 aromatic carbocycles. The third-order valence-corrected chi connectivity index (χ3v) is 5.47. The number of hydrogen-bond donors (Lipinski definition) is 2. The molecular formula is C21H17ClFN7O. The second kappa shape index (κ2) is 7.51. The van der Waals surface area contributed by atoms with Gasteiger partial charge in [-0.3, -0.25) is 9.36 Å². The number of halogens is 2. The summed E-state index contributed by atoms with van der Waals surface area (Å²) in [6, 6.07) is 7.23. The van der Waals surface area contributed by atoms with Gasteiger partial charge in [0.15, 0.2) is 11.5 Å². The minimum Gasteiger partial charge on any atom is -0.360 e. The number of aromatic amines is 1. The smallest absolute Gasteiger partial charge is 0.281 e. The Morgan fingerprint density at radius 3 is 2.94 bits per heavy atom. The largest absolute Gasteiger partial charge is 0.360 e. The van der Waals surface area contributed by atoms with Crippen LogP contribution in [0.15, 0.2) is 60.2 Å². The molecule has 0 aliphatic carbocycles. The zero-order valence-corrected chi connectivity index (χ0v) is 17.1. The molecule has 0 radical (unpaired) electrons. The van der Waals surface area contributed by atoms with Crippen LogP contribution in [0.25, 0.3) is 22.4 Å². The second-order valence-electron chi connectivity index (χ2n) is 7.02. The monoisotopic (exact) mass is 437 g/mol. The molecule has 0 bridgehead atoms. The second-order valence-corrected chi connectivity index (χ2v) is 7.43. The Kier molecular flexibility index (Phi) is 4.67. The predicted octanol–water partition coefficient (Wildman–Crippen LogP) is 4.11. The zero-order valence-electron chi connectivity index (χ0n) is 16.4. The lowest BCUT2D eigenvalue weighted by Gasteiger charge is -2.23. The fourth-order valence-electron chi connectivity index (χ4n) is 3.71. The number of H-pyrrole nitrogens is 1. The number of imidazole rings is 1. The van der Waals surface area contributed by atoms with Crippen molar-refractivity contribution in [1.82, 2.24) is 28.9 Å². The fourth-order valence-corrected chi connectivity index (χ4v) is 3.95. The van der Waals surface area contributed by atoms with Crippen molar-refractivity contribution in [1.29, 1.82) is 0 Å². The number of nitrogens with zero attached hydrogens (tertiary/aromatic N) is 5. The van der Waals surface area contributed by atoms with E-state index in [-0.39, 0.29) is 11.6 Å². The number of benzene rings is 1. The van der Waals surface area contributed by atoms with Crippen molar-refractivity contribution >= 4 is 34.1 Å². The zero-order chi connectivity index (χ0) is 21.5. The Hall–Kier alpha value is -3.72. The van der Waals surface area contributed by atoms with Crippen molar-refractivity contribution in [2.45, 2.75) is 19.4 Å². The Balaban J connectivity index is 1.73. The van der Waals surface area contributed by atoms with E-state index in [9.17, 15) is 9.18 Å². The summed E-state index contributed by atoms with van der Waals surface area (Å²) in [5, 5.41) is 3.69. The first-order valence-corrected chi connectivity index (χ1v) is 10.0. The summed E-state index contributed by atoms with van der Waals surface area (Å²) in [7, 11) is 0. The Morgan fingerprint density at radius 1 is 1.26 bits per heavy atom. The Morgan fingerprint density at radius 2 is 2.13 bits per heavy atom. The molecule has 0 saturated carbocycles. The summed E-state index contributed by atoms with van der Waals surface area (Å²) < 4.78 is 17.2. The molecule has 0 fully saturated rings. The van der Waals surface area contributed by atoms with Gasteiger partial charge in [0.1, 0.15) is 23.2 Å². The minimum absolute atomic E-state index is 0.321. The van der Waals surface area contributed by atoms with Crippen LogP contribution in [0.1, 0.15) is 25.1 Å². The van der Waals surface area contributed by atoms with Crippen molar-refractivity contribution in [2.75, 3.05) is 5.32 Å². The first-order chi connectivity index (χ1) is 15.1. The van der Waals surface area contributed by atoms with E-state index in [0.717, 1.165) is 0 Å². The van der Waals surface area contributed by atoms with Gasteiger partial charge in [-0.2, -0.15) is 0 Å². The van der Waals surface area contributed by atoms with Crippen molar-refractivity contribution in [3.8, 4) is 5.69 Å². The molecule has 10 heteroatoms. The first kappa shape index (κ1) is 19.3. The molecule has 156 valence electrons.